The molecule has 3 N–H and O–H groups in total. The van der Waals surface area contributed by atoms with Crippen molar-refractivity contribution in [2.75, 3.05) is 6.54 Å². The summed E-state index contributed by atoms with van der Waals surface area (Å²) in [5.74, 6) is 0.248. The van der Waals surface area contributed by atoms with Crippen LogP contribution in [0.5, 0.6) is 5.75 Å². The number of amides is 1. The Labute approximate surface area is 101 Å². The van der Waals surface area contributed by atoms with Crippen molar-refractivity contribution in [1.82, 2.24) is 10.6 Å². The first kappa shape index (κ1) is 11.9. The summed E-state index contributed by atoms with van der Waals surface area (Å²) in [6.45, 7) is 1.29. The van der Waals surface area contributed by atoms with Crippen molar-refractivity contribution in [3.63, 3.8) is 0 Å². The Balaban J connectivity index is 1.85. The van der Waals surface area contributed by atoms with E-state index >= 15 is 0 Å². The SMILES string of the molecule is O=C(NCc1ccccc1O)[C@@H]1CCCCN1. The molecule has 0 bridgehead atoms. The van der Waals surface area contributed by atoms with E-state index in [1.165, 1.54) is 0 Å². The molecule has 0 aromatic heterocycles. The van der Waals surface area contributed by atoms with Gasteiger partial charge in [-0.15, -0.1) is 0 Å². The zero-order valence-corrected chi connectivity index (χ0v) is 9.78. The fourth-order valence-electron chi connectivity index (χ4n) is 2.04. The van der Waals surface area contributed by atoms with Gasteiger partial charge >= 0.3 is 0 Å². The molecule has 1 aromatic rings. The molecular weight excluding hydrogens is 216 g/mol. The maximum Gasteiger partial charge on any atom is 0.237 e. The zero-order chi connectivity index (χ0) is 12.1. The van der Waals surface area contributed by atoms with Gasteiger partial charge in [-0.05, 0) is 25.5 Å². The average molecular weight is 234 g/mol. The van der Waals surface area contributed by atoms with Gasteiger partial charge in [0.15, 0.2) is 0 Å². The normalized spacial score (nSPS) is 19.9. The molecule has 2 rings (SSSR count). The smallest absolute Gasteiger partial charge is 0.237 e. The molecule has 0 saturated carbocycles. The number of carbonyl (C=O) groups excluding carboxylic acids is 1. The molecule has 0 aliphatic carbocycles. The van der Waals surface area contributed by atoms with Crippen molar-refractivity contribution in [3.05, 3.63) is 29.8 Å². The first-order valence-electron chi connectivity index (χ1n) is 6.05. The monoisotopic (exact) mass is 234 g/mol. The number of phenols is 1. The maximum atomic E-state index is 11.8. The van der Waals surface area contributed by atoms with Gasteiger partial charge in [0.25, 0.3) is 0 Å². The van der Waals surface area contributed by atoms with Gasteiger partial charge in [-0.1, -0.05) is 24.6 Å². The van der Waals surface area contributed by atoms with Gasteiger partial charge < -0.3 is 15.7 Å². The first-order valence-corrected chi connectivity index (χ1v) is 6.05. The molecule has 4 nitrogen and oxygen atoms in total. The number of aromatic hydroxyl groups is 1. The van der Waals surface area contributed by atoms with Crippen LogP contribution in [-0.4, -0.2) is 23.6 Å². The van der Waals surface area contributed by atoms with Crippen molar-refractivity contribution in [3.8, 4) is 5.75 Å². The highest BCUT2D eigenvalue weighted by Gasteiger charge is 2.19. The van der Waals surface area contributed by atoms with Gasteiger partial charge in [0.05, 0.1) is 6.04 Å². The third-order valence-electron chi connectivity index (χ3n) is 3.07. The van der Waals surface area contributed by atoms with Crippen LogP contribution >= 0.6 is 0 Å². The quantitative estimate of drug-likeness (QED) is 0.735. The third-order valence-corrected chi connectivity index (χ3v) is 3.07. The second-order valence-corrected chi connectivity index (χ2v) is 4.35. The maximum absolute atomic E-state index is 11.8. The molecule has 92 valence electrons. The molecule has 1 atom stereocenters. The predicted octanol–water partition coefficient (Wildman–Crippen LogP) is 1.15. The van der Waals surface area contributed by atoms with Crippen molar-refractivity contribution in [2.45, 2.75) is 31.8 Å². The van der Waals surface area contributed by atoms with Crippen LogP contribution in [0.15, 0.2) is 24.3 Å². The van der Waals surface area contributed by atoms with Crippen LogP contribution in [0.3, 0.4) is 0 Å². The van der Waals surface area contributed by atoms with Crippen molar-refractivity contribution < 1.29 is 9.90 Å². The molecule has 17 heavy (non-hydrogen) atoms. The molecule has 1 aromatic carbocycles. The fraction of sp³-hybridized carbons (Fsp3) is 0.462. The molecule has 1 amide bonds. The van der Waals surface area contributed by atoms with E-state index in [2.05, 4.69) is 10.6 Å². The van der Waals surface area contributed by atoms with Gasteiger partial charge in [0.1, 0.15) is 5.75 Å². The van der Waals surface area contributed by atoms with Crippen molar-refractivity contribution in [2.24, 2.45) is 0 Å². The highest BCUT2D eigenvalue weighted by atomic mass is 16.3. The van der Waals surface area contributed by atoms with Crippen molar-refractivity contribution in [1.29, 1.82) is 0 Å². The molecule has 0 unspecified atom stereocenters. The van der Waals surface area contributed by atoms with Gasteiger partial charge in [-0.3, -0.25) is 4.79 Å². The summed E-state index contributed by atoms with van der Waals surface area (Å²) in [4.78, 5) is 11.8. The molecule has 1 saturated heterocycles. The Bertz CT molecular complexity index is 387. The summed E-state index contributed by atoms with van der Waals surface area (Å²) >= 11 is 0. The lowest BCUT2D eigenvalue weighted by molar-refractivity contribution is -0.123. The summed E-state index contributed by atoms with van der Waals surface area (Å²) in [5.41, 5.74) is 0.747. The number of nitrogens with one attached hydrogen (secondary N) is 2. The number of phenolic OH excluding ortho intramolecular Hbond substituents is 1. The lowest BCUT2D eigenvalue weighted by atomic mass is 10.0. The Morgan fingerprint density at radius 3 is 2.94 bits per heavy atom. The summed E-state index contributed by atoms with van der Waals surface area (Å²) in [7, 11) is 0. The highest BCUT2D eigenvalue weighted by Crippen LogP contribution is 2.15. The minimum Gasteiger partial charge on any atom is -0.508 e. The summed E-state index contributed by atoms with van der Waals surface area (Å²) in [5, 5.41) is 15.6. The Hall–Kier alpha value is -1.55. The van der Waals surface area contributed by atoms with Crippen LogP contribution in [0.4, 0.5) is 0 Å². The van der Waals surface area contributed by atoms with Crippen molar-refractivity contribution >= 4 is 5.91 Å². The Morgan fingerprint density at radius 2 is 2.24 bits per heavy atom. The fourth-order valence-corrected chi connectivity index (χ4v) is 2.04. The third kappa shape index (κ3) is 3.20. The molecule has 1 aliphatic rings. The zero-order valence-electron chi connectivity index (χ0n) is 9.78. The van der Waals surface area contributed by atoms with Gasteiger partial charge in [-0.25, -0.2) is 0 Å². The van der Waals surface area contributed by atoms with Crippen LogP contribution in [-0.2, 0) is 11.3 Å². The van der Waals surface area contributed by atoms with E-state index in [9.17, 15) is 9.90 Å². The summed E-state index contributed by atoms with van der Waals surface area (Å²) < 4.78 is 0. The average Bonchev–Trinajstić information content (AvgIpc) is 2.38. The second kappa shape index (κ2) is 5.68. The first-order chi connectivity index (χ1) is 8.27. The lowest BCUT2D eigenvalue weighted by Crippen LogP contribution is -2.46. The number of piperidine rings is 1. The van der Waals surface area contributed by atoms with E-state index in [1.807, 2.05) is 12.1 Å². The number of rotatable bonds is 3. The van der Waals surface area contributed by atoms with Crippen LogP contribution in [0.25, 0.3) is 0 Å². The number of hydrogen-bond donors (Lipinski definition) is 3. The van der Waals surface area contributed by atoms with E-state index in [1.54, 1.807) is 12.1 Å². The minimum atomic E-state index is -0.0744. The molecule has 1 aliphatic heterocycles. The summed E-state index contributed by atoms with van der Waals surface area (Å²) in [6, 6.07) is 6.97. The highest BCUT2D eigenvalue weighted by molar-refractivity contribution is 5.81. The van der Waals surface area contributed by atoms with E-state index in [0.29, 0.717) is 6.54 Å². The van der Waals surface area contributed by atoms with Gasteiger partial charge in [0, 0.05) is 12.1 Å². The predicted molar refractivity (Wildman–Crippen MR) is 65.6 cm³/mol. The van der Waals surface area contributed by atoms with Gasteiger partial charge in [0.2, 0.25) is 5.91 Å². The largest absolute Gasteiger partial charge is 0.508 e. The van der Waals surface area contributed by atoms with E-state index in [0.717, 1.165) is 31.4 Å². The van der Waals surface area contributed by atoms with Crippen LogP contribution in [0.2, 0.25) is 0 Å². The van der Waals surface area contributed by atoms with Crippen LogP contribution in [0.1, 0.15) is 24.8 Å². The number of hydrogen-bond acceptors (Lipinski definition) is 3. The topological polar surface area (TPSA) is 61.4 Å². The van der Waals surface area contributed by atoms with Crippen LogP contribution in [0, 0.1) is 0 Å². The molecule has 0 spiro atoms. The molecule has 1 heterocycles. The molecular formula is C13H18N2O2. The van der Waals surface area contributed by atoms with Crippen LogP contribution < -0.4 is 10.6 Å². The minimum absolute atomic E-state index is 0.0213. The molecule has 0 radical (unpaired) electrons. The second-order valence-electron chi connectivity index (χ2n) is 4.35. The molecule has 4 heteroatoms. The standard InChI is InChI=1S/C13H18N2O2/c16-12-7-2-1-5-10(12)9-15-13(17)11-6-3-4-8-14-11/h1-2,5,7,11,14,16H,3-4,6,8-9H2,(H,15,17)/t11-/m0/s1. The summed E-state index contributed by atoms with van der Waals surface area (Å²) in [6.07, 6.45) is 3.14. The number of para-hydroxylation sites is 1. The Kier molecular flexibility index (Phi) is 3.98. The molecule has 1 fully saturated rings. The lowest BCUT2D eigenvalue weighted by Gasteiger charge is -2.22. The Morgan fingerprint density at radius 1 is 1.41 bits per heavy atom. The number of carbonyl (C=O) groups is 1. The van der Waals surface area contributed by atoms with E-state index < -0.39 is 0 Å². The van der Waals surface area contributed by atoms with E-state index in [4.69, 9.17) is 0 Å². The number of benzene rings is 1. The van der Waals surface area contributed by atoms with Gasteiger partial charge in [-0.2, -0.15) is 0 Å². The van der Waals surface area contributed by atoms with E-state index in [-0.39, 0.29) is 17.7 Å².